The van der Waals surface area contributed by atoms with Crippen molar-refractivity contribution in [1.29, 1.82) is 0 Å². The predicted octanol–water partition coefficient (Wildman–Crippen LogP) is 2.85. The van der Waals surface area contributed by atoms with Gasteiger partial charge in [-0.1, -0.05) is 12.1 Å². The number of hydrogen-bond donors (Lipinski definition) is 4. The Morgan fingerprint density at radius 1 is 1.09 bits per heavy atom. The van der Waals surface area contributed by atoms with E-state index in [-0.39, 0.29) is 19.0 Å². The summed E-state index contributed by atoms with van der Waals surface area (Å²) >= 11 is 0. The van der Waals surface area contributed by atoms with Crippen LogP contribution in [0.5, 0.6) is 0 Å². The summed E-state index contributed by atoms with van der Waals surface area (Å²) in [7, 11) is -1.93. The van der Waals surface area contributed by atoms with Crippen LogP contribution in [0.25, 0.3) is 11.0 Å². The van der Waals surface area contributed by atoms with Crippen LogP contribution in [0, 0.1) is 0 Å². The quantitative estimate of drug-likeness (QED) is 0.278. The van der Waals surface area contributed by atoms with Crippen molar-refractivity contribution in [3.05, 3.63) is 66.1 Å². The summed E-state index contributed by atoms with van der Waals surface area (Å²) in [5.74, 6) is 0.395. The first-order chi connectivity index (χ1) is 16.8. The second-order valence-corrected chi connectivity index (χ2v) is 9.55. The van der Waals surface area contributed by atoms with Crippen molar-refractivity contribution in [1.82, 2.24) is 25.3 Å². The molecule has 0 unspecified atom stereocenters. The Labute approximate surface area is 203 Å². The molecule has 4 N–H and O–H groups in total. The van der Waals surface area contributed by atoms with E-state index in [0.29, 0.717) is 40.0 Å². The molecule has 0 radical (unpaired) electrons. The highest BCUT2D eigenvalue weighted by atomic mass is 32.2. The van der Waals surface area contributed by atoms with Crippen molar-refractivity contribution < 1.29 is 13.2 Å². The lowest BCUT2D eigenvalue weighted by atomic mass is 10.1. The molecule has 3 heterocycles. The van der Waals surface area contributed by atoms with Gasteiger partial charge in [-0.2, -0.15) is 4.98 Å². The number of benzene rings is 1. The highest BCUT2D eigenvalue weighted by molar-refractivity contribution is 7.92. The van der Waals surface area contributed by atoms with Gasteiger partial charge in [0, 0.05) is 31.4 Å². The van der Waals surface area contributed by atoms with Crippen LogP contribution in [-0.4, -0.2) is 54.1 Å². The van der Waals surface area contributed by atoms with Crippen LogP contribution in [0.15, 0.2) is 54.9 Å². The molecule has 0 aliphatic rings. The van der Waals surface area contributed by atoms with Gasteiger partial charge >= 0.3 is 0 Å². The SMILES string of the molecule is CCN(c1ncccc1NCc1nc(Nc2ccccc2C(=O)NC)nc2[nH]ccc12)S(C)(=O)=O. The molecule has 0 bridgehead atoms. The molecule has 4 rings (SSSR count). The molecule has 35 heavy (non-hydrogen) atoms. The van der Waals surface area contributed by atoms with Crippen LogP contribution in [0.3, 0.4) is 0 Å². The zero-order valence-corrected chi connectivity index (χ0v) is 20.3. The minimum Gasteiger partial charge on any atom is -0.376 e. The van der Waals surface area contributed by atoms with Gasteiger partial charge in [-0.25, -0.2) is 18.4 Å². The number of H-pyrrole nitrogens is 1. The van der Waals surface area contributed by atoms with Gasteiger partial charge in [0.1, 0.15) is 5.65 Å². The topological polar surface area (TPSA) is 145 Å². The lowest BCUT2D eigenvalue weighted by Gasteiger charge is -2.22. The third-order valence-electron chi connectivity index (χ3n) is 5.30. The van der Waals surface area contributed by atoms with Gasteiger partial charge in [0.25, 0.3) is 5.91 Å². The van der Waals surface area contributed by atoms with Crippen molar-refractivity contribution in [2.75, 3.05) is 34.8 Å². The van der Waals surface area contributed by atoms with E-state index in [2.05, 4.69) is 35.9 Å². The lowest BCUT2D eigenvalue weighted by molar-refractivity contribution is 0.0964. The minimum absolute atomic E-state index is 0.230. The summed E-state index contributed by atoms with van der Waals surface area (Å²) in [6.45, 7) is 2.28. The number of carbonyl (C=O) groups excluding carboxylic acids is 1. The molecule has 1 aromatic carbocycles. The molecular formula is C23H26N8O3S. The standard InChI is InChI=1S/C23H26N8O3S/c1-4-31(35(3,33)34)21-18(10-7-12-26-21)27-14-19-15-11-13-25-20(15)30-23(29-19)28-17-9-6-5-8-16(17)22(32)24-2/h5-13,27H,4,14H2,1-3H3,(H,24,32)(H2,25,28,29,30). The van der Waals surface area contributed by atoms with E-state index < -0.39 is 10.0 Å². The van der Waals surface area contributed by atoms with Crippen LogP contribution in [0.4, 0.5) is 23.1 Å². The molecule has 11 nitrogen and oxygen atoms in total. The van der Waals surface area contributed by atoms with Crippen LogP contribution in [0.1, 0.15) is 23.0 Å². The molecular weight excluding hydrogens is 468 g/mol. The molecule has 0 saturated heterocycles. The van der Waals surface area contributed by atoms with Crippen LogP contribution in [0.2, 0.25) is 0 Å². The van der Waals surface area contributed by atoms with E-state index in [9.17, 15) is 13.2 Å². The Hall–Kier alpha value is -4.19. The highest BCUT2D eigenvalue weighted by Gasteiger charge is 2.20. The maximum Gasteiger partial charge on any atom is 0.253 e. The molecule has 0 saturated carbocycles. The van der Waals surface area contributed by atoms with E-state index in [1.54, 1.807) is 56.7 Å². The summed E-state index contributed by atoms with van der Waals surface area (Å²) in [5, 5.41) is 9.83. The summed E-state index contributed by atoms with van der Waals surface area (Å²) in [6, 6.07) is 12.4. The minimum atomic E-state index is -3.50. The smallest absolute Gasteiger partial charge is 0.253 e. The van der Waals surface area contributed by atoms with Gasteiger partial charge in [-0.3, -0.25) is 9.10 Å². The van der Waals surface area contributed by atoms with Gasteiger partial charge in [0.15, 0.2) is 5.82 Å². The summed E-state index contributed by atoms with van der Waals surface area (Å²) in [6.07, 6.45) is 4.47. The number of nitrogens with one attached hydrogen (secondary N) is 4. The number of rotatable bonds is 9. The number of aromatic amines is 1. The molecule has 3 aromatic heterocycles. The van der Waals surface area contributed by atoms with Crippen molar-refractivity contribution >= 4 is 50.1 Å². The Morgan fingerprint density at radius 3 is 2.60 bits per heavy atom. The summed E-state index contributed by atoms with van der Waals surface area (Å²) in [5.41, 5.74) is 2.88. The first-order valence-electron chi connectivity index (χ1n) is 10.9. The Morgan fingerprint density at radius 2 is 1.86 bits per heavy atom. The normalized spacial score (nSPS) is 11.3. The Balaban J connectivity index is 1.66. The number of nitrogens with zero attached hydrogens (tertiary/aromatic N) is 4. The largest absolute Gasteiger partial charge is 0.376 e. The van der Waals surface area contributed by atoms with E-state index in [0.717, 1.165) is 11.6 Å². The number of aromatic nitrogens is 4. The Kier molecular flexibility index (Phi) is 6.82. The number of pyridine rings is 1. The van der Waals surface area contributed by atoms with Gasteiger partial charge in [-0.15, -0.1) is 0 Å². The lowest BCUT2D eigenvalue weighted by Crippen LogP contribution is -2.31. The third-order valence-corrected chi connectivity index (χ3v) is 6.53. The van der Waals surface area contributed by atoms with Crippen molar-refractivity contribution in [3.63, 3.8) is 0 Å². The fraction of sp³-hybridized carbons (Fsp3) is 0.217. The van der Waals surface area contributed by atoms with E-state index >= 15 is 0 Å². The number of sulfonamides is 1. The van der Waals surface area contributed by atoms with Gasteiger partial charge < -0.3 is 20.9 Å². The first-order valence-corrected chi connectivity index (χ1v) is 12.8. The number of anilines is 4. The average Bonchev–Trinajstić information content (AvgIpc) is 3.31. The second kappa shape index (κ2) is 9.97. The van der Waals surface area contributed by atoms with Gasteiger partial charge in [-0.05, 0) is 37.3 Å². The van der Waals surface area contributed by atoms with Crippen molar-refractivity contribution in [2.24, 2.45) is 0 Å². The first kappa shape index (κ1) is 24.0. The number of amides is 1. The second-order valence-electron chi connectivity index (χ2n) is 7.64. The van der Waals surface area contributed by atoms with E-state index in [1.807, 2.05) is 12.1 Å². The fourth-order valence-electron chi connectivity index (χ4n) is 3.69. The van der Waals surface area contributed by atoms with Crippen LogP contribution in [-0.2, 0) is 16.6 Å². The summed E-state index contributed by atoms with van der Waals surface area (Å²) in [4.78, 5) is 28.8. The molecule has 4 aromatic rings. The fourth-order valence-corrected chi connectivity index (χ4v) is 4.62. The maximum atomic E-state index is 12.2. The predicted molar refractivity (Wildman–Crippen MR) is 136 cm³/mol. The molecule has 0 aliphatic heterocycles. The molecule has 0 spiro atoms. The van der Waals surface area contributed by atoms with Crippen molar-refractivity contribution in [3.8, 4) is 0 Å². The molecule has 1 amide bonds. The maximum absolute atomic E-state index is 12.2. The molecule has 0 aliphatic carbocycles. The van der Waals surface area contributed by atoms with Crippen molar-refractivity contribution in [2.45, 2.75) is 13.5 Å². The summed E-state index contributed by atoms with van der Waals surface area (Å²) < 4.78 is 25.7. The van der Waals surface area contributed by atoms with E-state index in [1.165, 1.54) is 4.31 Å². The third kappa shape index (κ3) is 5.17. The van der Waals surface area contributed by atoms with Crippen LogP contribution >= 0.6 is 0 Å². The van der Waals surface area contributed by atoms with E-state index in [4.69, 9.17) is 0 Å². The Bertz CT molecular complexity index is 1470. The number of hydrogen-bond acceptors (Lipinski definition) is 8. The zero-order chi connectivity index (χ0) is 25.0. The molecule has 12 heteroatoms. The number of para-hydroxylation sites is 1. The van der Waals surface area contributed by atoms with Gasteiger partial charge in [0.2, 0.25) is 16.0 Å². The highest BCUT2D eigenvalue weighted by Crippen LogP contribution is 2.27. The number of fused-ring (bicyclic) bond motifs is 1. The van der Waals surface area contributed by atoms with Gasteiger partial charge in [0.05, 0.1) is 35.4 Å². The molecule has 0 fully saturated rings. The average molecular weight is 495 g/mol. The van der Waals surface area contributed by atoms with Crippen LogP contribution < -0.4 is 20.3 Å². The number of carbonyl (C=O) groups is 1. The zero-order valence-electron chi connectivity index (χ0n) is 19.5. The molecule has 0 atom stereocenters. The monoisotopic (exact) mass is 494 g/mol. The molecule has 182 valence electrons.